The van der Waals surface area contributed by atoms with Crippen LogP contribution >= 0.6 is 11.3 Å². The number of aromatic nitrogens is 1. The molecular formula is C58H51N5O7S. The third kappa shape index (κ3) is 8.11. The van der Waals surface area contributed by atoms with Gasteiger partial charge in [-0.05, 0) is 103 Å². The maximum Gasteiger partial charge on any atom is 0.329 e. The number of nitrogens with zero attached hydrogens (tertiary/aromatic N) is 3. The van der Waals surface area contributed by atoms with Gasteiger partial charge in [0, 0.05) is 5.56 Å². The smallest absolute Gasteiger partial charge is 0.329 e. The molecule has 7 atom stereocenters. The molecule has 4 heterocycles. The van der Waals surface area contributed by atoms with Gasteiger partial charge in [0.15, 0.2) is 5.13 Å². The number of imide groups is 1. The highest BCUT2D eigenvalue weighted by molar-refractivity contribution is 7.22. The third-order valence-electron chi connectivity index (χ3n) is 14.7. The molecule has 1 saturated carbocycles. The van der Waals surface area contributed by atoms with Gasteiger partial charge in [0.25, 0.3) is 0 Å². The van der Waals surface area contributed by atoms with Gasteiger partial charge in [-0.1, -0.05) is 151 Å². The number of phenols is 1. The monoisotopic (exact) mass is 961 g/mol. The molecule has 1 aromatic heterocycles. The molecule has 6 aromatic carbocycles. The van der Waals surface area contributed by atoms with Crippen molar-refractivity contribution in [2.75, 3.05) is 10.2 Å². The van der Waals surface area contributed by atoms with Crippen LogP contribution in [-0.2, 0) is 24.5 Å². The number of urea groups is 1. The van der Waals surface area contributed by atoms with E-state index in [9.17, 15) is 10.2 Å². The molecule has 7 unspecified atom stereocenters. The van der Waals surface area contributed by atoms with E-state index in [1.165, 1.54) is 23.5 Å². The Bertz CT molecular complexity index is 3190. The minimum absolute atomic E-state index is 0.0367. The van der Waals surface area contributed by atoms with Crippen LogP contribution in [0.25, 0.3) is 10.2 Å². The number of carbonyl (C=O) groups is 4. The predicted molar refractivity (Wildman–Crippen MR) is 271 cm³/mol. The lowest BCUT2D eigenvalue weighted by Crippen LogP contribution is -2.55. The molecule has 4 amide bonds. The van der Waals surface area contributed by atoms with E-state index in [1.807, 2.05) is 127 Å². The van der Waals surface area contributed by atoms with Crippen LogP contribution in [0.3, 0.4) is 0 Å². The molecule has 2 saturated heterocycles. The van der Waals surface area contributed by atoms with Crippen LogP contribution in [0.5, 0.6) is 5.75 Å². The Morgan fingerprint density at radius 2 is 1.42 bits per heavy atom. The Kier molecular flexibility index (Phi) is 12.0. The van der Waals surface area contributed by atoms with Crippen LogP contribution in [0.2, 0.25) is 0 Å². The summed E-state index contributed by atoms with van der Waals surface area (Å²) in [4.78, 5) is 71.2. The number of ether oxygens (including phenoxy) is 1. The summed E-state index contributed by atoms with van der Waals surface area (Å²) in [5.41, 5.74) is 1.03. The SMILES string of the molecule is CC(NC(=O)N1C(=O)C2(c3cc(C#CC4(O)CCCCCC4)ccc31)C(C(=O)Nc1nc3ccccc3s1)C1C(=O)OC(c3ccccc3)C(c3ccccc3)N1C2c1ccc(O)cc1)c1ccccc1. The van der Waals surface area contributed by atoms with Crippen molar-refractivity contribution in [3.05, 3.63) is 191 Å². The topological polar surface area (TPSA) is 161 Å². The molecule has 11 rings (SSSR count). The fraction of sp³-hybridized carbons (Fsp3) is 0.259. The predicted octanol–water partition coefficient (Wildman–Crippen LogP) is 10.2. The maximum absolute atomic E-state index is 16.7. The fourth-order valence-corrected chi connectivity index (χ4v) is 12.3. The van der Waals surface area contributed by atoms with Crippen LogP contribution in [0, 0.1) is 17.8 Å². The summed E-state index contributed by atoms with van der Waals surface area (Å²) < 4.78 is 7.44. The number of carbonyl (C=O) groups excluding carboxylic acids is 4. The maximum atomic E-state index is 16.7. The van der Waals surface area contributed by atoms with E-state index < -0.39 is 71.0 Å². The van der Waals surface area contributed by atoms with Gasteiger partial charge in [-0.3, -0.25) is 19.3 Å². The zero-order chi connectivity index (χ0) is 48.9. The summed E-state index contributed by atoms with van der Waals surface area (Å²) >= 11 is 1.26. The standard InChI is InChI=1S/C58H51N5O7S/c1-36(38-17-7-4-8-18-38)59-56(68)62-45-30-25-37(31-34-57(69)32-15-2-3-16-33-57)35-43(45)58(54(62)67)47(52(65)61-55-60-44-23-13-14-24-46(44)71-55)49-53(66)70-50(40-21-11-6-12-22-40)48(39-19-9-5-10-20-39)63(49)51(58)41-26-28-42(64)29-27-41/h4-14,17-30,35-36,47-51,64,69H,2-3,15-16,32-33H2,1H3,(H,59,68)(H,60,61,65). The van der Waals surface area contributed by atoms with Gasteiger partial charge < -0.3 is 25.6 Å². The van der Waals surface area contributed by atoms with Crippen LogP contribution in [0.4, 0.5) is 15.6 Å². The highest BCUT2D eigenvalue weighted by Gasteiger charge is 2.75. The lowest BCUT2D eigenvalue weighted by atomic mass is 9.65. The van der Waals surface area contributed by atoms with E-state index in [1.54, 1.807) is 30.3 Å². The second kappa shape index (κ2) is 18.6. The molecule has 71 heavy (non-hydrogen) atoms. The fourth-order valence-electron chi connectivity index (χ4n) is 11.5. The van der Waals surface area contributed by atoms with Crippen LogP contribution in [0.1, 0.15) is 103 Å². The number of morpholine rings is 1. The van der Waals surface area contributed by atoms with Gasteiger partial charge >= 0.3 is 12.0 Å². The Labute approximate surface area is 415 Å². The number of anilines is 2. The van der Waals surface area contributed by atoms with Crippen molar-refractivity contribution < 1.29 is 34.1 Å². The minimum Gasteiger partial charge on any atom is -0.508 e. The van der Waals surface area contributed by atoms with Crippen LogP contribution in [0.15, 0.2) is 158 Å². The number of amides is 4. The number of hydrogen-bond acceptors (Lipinski definition) is 10. The second-order valence-corrected chi connectivity index (χ2v) is 20.0. The van der Waals surface area contributed by atoms with Crippen molar-refractivity contribution in [1.82, 2.24) is 15.2 Å². The average Bonchev–Trinajstić information content (AvgIpc) is 3.96. The minimum atomic E-state index is -2.07. The summed E-state index contributed by atoms with van der Waals surface area (Å²) in [5.74, 6) is 2.65. The van der Waals surface area contributed by atoms with E-state index >= 15 is 19.2 Å². The quantitative estimate of drug-likeness (QED) is 0.0692. The highest BCUT2D eigenvalue weighted by Crippen LogP contribution is 2.66. The summed E-state index contributed by atoms with van der Waals surface area (Å²) in [6.07, 6.45) is 3.77. The summed E-state index contributed by atoms with van der Waals surface area (Å²) in [6.45, 7) is 1.83. The molecule has 13 heteroatoms. The number of benzene rings is 6. The van der Waals surface area contributed by atoms with E-state index in [4.69, 9.17) is 9.72 Å². The molecule has 4 N–H and O–H groups in total. The molecule has 0 bridgehead atoms. The van der Waals surface area contributed by atoms with Gasteiger partial charge in [0.2, 0.25) is 11.8 Å². The number of cyclic esters (lactones) is 1. The number of hydrogen-bond donors (Lipinski definition) is 4. The Balaban J connectivity index is 1.18. The number of esters is 1. The van der Waals surface area contributed by atoms with Crippen LogP contribution < -0.4 is 15.5 Å². The Hall–Kier alpha value is -7.63. The zero-order valence-corrected chi connectivity index (χ0v) is 39.7. The first kappa shape index (κ1) is 45.8. The molecule has 356 valence electrons. The lowest BCUT2D eigenvalue weighted by molar-refractivity contribution is -0.177. The van der Waals surface area contributed by atoms with E-state index in [0.717, 1.165) is 46.4 Å². The second-order valence-electron chi connectivity index (χ2n) is 19.0. The number of aliphatic hydroxyl groups is 1. The molecular weight excluding hydrogens is 911 g/mol. The molecule has 1 spiro atoms. The number of nitrogens with one attached hydrogen (secondary N) is 2. The number of para-hydroxylation sites is 1. The molecule has 7 aromatic rings. The number of rotatable bonds is 7. The summed E-state index contributed by atoms with van der Waals surface area (Å²) in [7, 11) is 0. The van der Waals surface area contributed by atoms with Gasteiger partial charge in [-0.15, -0.1) is 0 Å². The first-order chi connectivity index (χ1) is 34.5. The first-order valence-corrected chi connectivity index (χ1v) is 25.0. The third-order valence-corrected chi connectivity index (χ3v) is 15.6. The van der Waals surface area contributed by atoms with Gasteiger partial charge in [0.05, 0.1) is 39.9 Å². The largest absolute Gasteiger partial charge is 0.508 e. The van der Waals surface area contributed by atoms with Crippen molar-refractivity contribution in [3.63, 3.8) is 0 Å². The Morgan fingerprint density at radius 3 is 2.11 bits per heavy atom. The normalized spacial score (nSPS) is 24.0. The van der Waals surface area contributed by atoms with Gasteiger partial charge in [0.1, 0.15) is 28.9 Å². The number of fused-ring (bicyclic) bond motifs is 4. The molecule has 0 radical (unpaired) electrons. The highest BCUT2D eigenvalue weighted by atomic mass is 32.1. The number of phenolic OH excluding ortho intramolecular Hbond substituents is 1. The van der Waals surface area contributed by atoms with Crippen molar-refractivity contribution in [2.45, 2.75) is 86.7 Å². The lowest BCUT2D eigenvalue weighted by Gasteiger charge is -2.46. The van der Waals surface area contributed by atoms with Crippen molar-refractivity contribution in [2.24, 2.45) is 5.92 Å². The zero-order valence-electron chi connectivity index (χ0n) is 38.9. The van der Waals surface area contributed by atoms with E-state index in [2.05, 4.69) is 22.5 Å². The van der Waals surface area contributed by atoms with Crippen molar-refractivity contribution in [1.29, 1.82) is 0 Å². The molecule has 3 fully saturated rings. The molecule has 1 aliphatic carbocycles. The average molecular weight is 962 g/mol. The molecule has 12 nitrogen and oxygen atoms in total. The number of thiazole rings is 1. The molecule has 4 aliphatic rings. The summed E-state index contributed by atoms with van der Waals surface area (Å²) in [6, 6.07) is 42.7. The van der Waals surface area contributed by atoms with E-state index in [0.29, 0.717) is 35.0 Å². The summed E-state index contributed by atoms with van der Waals surface area (Å²) in [5, 5.41) is 29.0. The van der Waals surface area contributed by atoms with Crippen molar-refractivity contribution in [3.8, 4) is 17.6 Å². The Morgan fingerprint density at radius 1 is 0.775 bits per heavy atom. The molecule has 3 aliphatic heterocycles. The van der Waals surface area contributed by atoms with Crippen LogP contribution in [-0.4, -0.2) is 55.6 Å². The number of aromatic hydroxyl groups is 1. The first-order valence-electron chi connectivity index (χ1n) is 24.2. The van der Waals surface area contributed by atoms with Gasteiger partial charge in [-0.2, -0.15) is 0 Å². The van der Waals surface area contributed by atoms with Gasteiger partial charge in [-0.25, -0.2) is 14.7 Å². The van der Waals surface area contributed by atoms with E-state index in [-0.39, 0.29) is 22.1 Å². The van der Waals surface area contributed by atoms with Crippen molar-refractivity contribution >= 4 is 56.2 Å².